The van der Waals surface area contributed by atoms with E-state index in [-0.39, 0.29) is 12.1 Å². The van der Waals surface area contributed by atoms with E-state index < -0.39 is 11.5 Å². The van der Waals surface area contributed by atoms with Gasteiger partial charge in [-0.25, -0.2) is 4.98 Å². The minimum absolute atomic E-state index is 0.0241. The van der Waals surface area contributed by atoms with Crippen molar-refractivity contribution in [2.45, 2.75) is 6.54 Å². The fraction of sp³-hybridized carbons (Fsp3) is 0.0588. The van der Waals surface area contributed by atoms with Gasteiger partial charge in [0, 0.05) is 22.6 Å². The summed E-state index contributed by atoms with van der Waals surface area (Å²) in [5.74, 6) is -0.470. The summed E-state index contributed by atoms with van der Waals surface area (Å²) >= 11 is 3.31. The molecule has 2 N–H and O–H groups in total. The summed E-state index contributed by atoms with van der Waals surface area (Å²) in [7, 11) is 0. The van der Waals surface area contributed by atoms with Crippen molar-refractivity contribution < 1.29 is 4.79 Å². The molecular weight excluding hydrogens is 372 g/mol. The number of H-pyrrole nitrogens is 1. The van der Waals surface area contributed by atoms with Gasteiger partial charge in [0.05, 0.1) is 11.6 Å². The molecule has 0 aliphatic heterocycles. The zero-order chi connectivity index (χ0) is 17.1. The van der Waals surface area contributed by atoms with Crippen molar-refractivity contribution in [3.05, 3.63) is 74.1 Å². The molecule has 0 bridgehead atoms. The van der Waals surface area contributed by atoms with Crippen molar-refractivity contribution in [2.75, 3.05) is 0 Å². The maximum atomic E-state index is 12.3. The SMILES string of the molecule is N#Cc1ccc(CNC(=O)c2cc3cc(Br)cnc3[nH]c2=O)cc1. The Bertz CT molecular complexity index is 1020. The fourth-order valence-electron chi connectivity index (χ4n) is 2.21. The second kappa shape index (κ2) is 6.64. The monoisotopic (exact) mass is 382 g/mol. The molecule has 0 fully saturated rings. The highest BCUT2D eigenvalue weighted by Gasteiger charge is 2.12. The van der Waals surface area contributed by atoms with Gasteiger partial charge in [-0.3, -0.25) is 9.59 Å². The number of nitriles is 1. The Hall–Kier alpha value is -2.98. The Morgan fingerprint density at radius 3 is 2.75 bits per heavy atom. The van der Waals surface area contributed by atoms with Crippen LogP contribution in [0.2, 0.25) is 0 Å². The summed E-state index contributed by atoms with van der Waals surface area (Å²) in [6, 6.07) is 12.2. The molecule has 0 atom stereocenters. The van der Waals surface area contributed by atoms with E-state index in [0.717, 1.165) is 10.0 Å². The second-order valence-electron chi connectivity index (χ2n) is 5.09. The molecule has 0 unspecified atom stereocenters. The molecule has 1 amide bonds. The molecule has 2 aromatic heterocycles. The van der Waals surface area contributed by atoms with E-state index in [9.17, 15) is 9.59 Å². The van der Waals surface area contributed by atoms with Crippen molar-refractivity contribution in [1.29, 1.82) is 5.26 Å². The number of pyridine rings is 2. The van der Waals surface area contributed by atoms with Crippen LogP contribution in [0.15, 0.2) is 51.9 Å². The third-order valence-corrected chi connectivity index (χ3v) is 3.87. The largest absolute Gasteiger partial charge is 0.348 e. The van der Waals surface area contributed by atoms with E-state index in [1.54, 1.807) is 36.5 Å². The van der Waals surface area contributed by atoms with Gasteiger partial charge in [0.1, 0.15) is 11.2 Å². The number of benzene rings is 1. The standard InChI is InChI=1S/C17H11BrN4O2/c18-13-5-12-6-14(17(24)22-15(12)20-9-13)16(23)21-8-11-3-1-10(7-19)2-4-11/h1-6,9H,8H2,(H,21,23)(H,20,22,24). The lowest BCUT2D eigenvalue weighted by Gasteiger charge is -2.06. The summed E-state index contributed by atoms with van der Waals surface area (Å²) < 4.78 is 0.756. The number of aromatic nitrogens is 2. The van der Waals surface area contributed by atoms with Gasteiger partial charge in [0.2, 0.25) is 0 Å². The number of amides is 1. The third kappa shape index (κ3) is 3.34. The molecule has 0 aliphatic rings. The molecule has 0 saturated heterocycles. The highest BCUT2D eigenvalue weighted by molar-refractivity contribution is 9.10. The van der Waals surface area contributed by atoms with Crippen LogP contribution in [0.3, 0.4) is 0 Å². The van der Waals surface area contributed by atoms with E-state index in [0.29, 0.717) is 16.6 Å². The zero-order valence-corrected chi connectivity index (χ0v) is 13.9. The molecule has 0 saturated carbocycles. The summed E-state index contributed by atoms with van der Waals surface area (Å²) in [4.78, 5) is 31.0. The van der Waals surface area contributed by atoms with Gasteiger partial charge in [0.15, 0.2) is 0 Å². The molecule has 118 valence electrons. The van der Waals surface area contributed by atoms with Crippen molar-refractivity contribution in [3.63, 3.8) is 0 Å². The van der Waals surface area contributed by atoms with Gasteiger partial charge >= 0.3 is 0 Å². The molecule has 24 heavy (non-hydrogen) atoms. The van der Waals surface area contributed by atoms with Gasteiger partial charge in [-0.1, -0.05) is 12.1 Å². The summed E-state index contributed by atoms with van der Waals surface area (Å²) in [5, 5.41) is 12.1. The minimum atomic E-state index is -0.491. The number of carbonyl (C=O) groups is 1. The van der Waals surface area contributed by atoms with Crippen molar-refractivity contribution in [1.82, 2.24) is 15.3 Å². The van der Waals surface area contributed by atoms with E-state index >= 15 is 0 Å². The van der Waals surface area contributed by atoms with E-state index in [2.05, 4.69) is 31.2 Å². The number of nitrogens with zero attached hydrogens (tertiary/aromatic N) is 2. The molecule has 2 heterocycles. The van der Waals surface area contributed by atoms with Gasteiger partial charge < -0.3 is 10.3 Å². The first-order valence-corrected chi connectivity index (χ1v) is 7.82. The highest BCUT2D eigenvalue weighted by atomic mass is 79.9. The van der Waals surface area contributed by atoms with E-state index in [4.69, 9.17) is 5.26 Å². The Morgan fingerprint density at radius 1 is 1.29 bits per heavy atom. The third-order valence-electron chi connectivity index (χ3n) is 3.44. The lowest BCUT2D eigenvalue weighted by molar-refractivity contribution is 0.0949. The molecule has 0 spiro atoms. The number of hydrogen-bond donors (Lipinski definition) is 2. The summed E-state index contributed by atoms with van der Waals surface area (Å²) in [5.41, 5.74) is 1.34. The maximum Gasteiger partial charge on any atom is 0.262 e. The number of hydrogen-bond acceptors (Lipinski definition) is 4. The first-order chi connectivity index (χ1) is 11.6. The van der Waals surface area contributed by atoms with Crippen LogP contribution in [0.4, 0.5) is 0 Å². The van der Waals surface area contributed by atoms with E-state index in [1.165, 1.54) is 6.07 Å². The van der Waals surface area contributed by atoms with Gasteiger partial charge in [-0.2, -0.15) is 5.26 Å². The van der Waals surface area contributed by atoms with Crippen LogP contribution in [-0.2, 0) is 6.54 Å². The highest BCUT2D eigenvalue weighted by Crippen LogP contribution is 2.15. The molecule has 1 aromatic carbocycles. The van der Waals surface area contributed by atoms with Crippen molar-refractivity contribution >= 4 is 32.9 Å². The fourth-order valence-corrected chi connectivity index (χ4v) is 2.56. The van der Waals surface area contributed by atoms with Gasteiger partial charge in [-0.05, 0) is 45.8 Å². The number of aromatic amines is 1. The topological polar surface area (TPSA) is 98.6 Å². The second-order valence-corrected chi connectivity index (χ2v) is 6.01. The Morgan fingerprint density at radius 2 is 2.04 bits per heavy atom. The van der Waals surface area contributed by atoms with Gasteiger partial charge in [-0.15, -0.1) is 0 Å². The zero-order valence-electron chi connectivity index (χ0n) is 12.3. The number of rotatable bonds is 3. The molecule has 3 aromatic rings. The normalized spacial score (nSPS) is 10.3. The van der Waals surface area contributed by atoms with Crippen molar-refractivity contribution in [2.24, 2.45) is 0 Å². The molecular formula is C17H11BrN4O2. The van der Waals surface area contributed by atoms with Crippen LogP contribution in [0, 0.1) is 11.3 Å². The summed E-state index contributed by atoms with van der Waals surface area (Å²) in [6.07, 6.45) is 1.57. The molecule has 3 rings (SSSR count). The lowest BCUT2D eigenvalue weighted by atomic mass is 10.1. The summed E-state index contributed by atoms with van der Waals surface area (Å²) in [6.45, 7) is 0.263. The average Bonchev–Trinajstić information content (AvgIpc) is 2.60. The number of halogens is 1. The minimum Gasteiger partial charge on any atom is -0.348 e. The quantitative estimate of drug-likeness (QED) is 0.726. The molecule has 6 nitrogen and oxygen atoms in total. The number of fused-ring (bicyclic) bond motifs is 1. The van der Waals surface area contributed by atoms with Crippen LogP contribution in [0.5, 0.6) is 0 Å². The first kappa shape index (κ1) is 15.9. The predicted octanol–water partition coefficient (Wildman–Crippen LogP) is 2.49. The number of carbonyl (C=O) groups excluding carboxylic acids is 1. The molecule has 7 heteroatoms. The first-order valence-electron chi connectivity index (χ1n) is 7.02. The van der Waals surface area contributed by atoms with Crippen molar-refractivity contribution in [3.8, 4) is 6.07 Å². The molecule has 0 radical (unpaired) electrons. The van der Waals surface area contributed by atoms with Crippen LogP contribution in [0.1, 0.15) is 21.5 Å². The average molecular weight is 383 g/mol. The maximum absolute atomic E-state index is 12.3. The smallest absolute Gasteiger partial charge is 0.262 e. The van der Waals surface area contributed by atoms with Crippen LogP contribution in [-0.4, -0.2) is 15.9 Å². The Balaban J connectivity index is 1.81. The Labute approximate surface area is 145 Å². The van der Waals surface area contributed by atoms with Crippen LogP contribution in [0.25, 0.3) is 11.0 Å². The predicted molar refractivity (Wildman–Crippen MR) is 92.4 cm³/mol. The van der Waals surface area contributed by atoms with E-state index in [1.807, 2.05) is 6.07 Å². The van der Waals surface area contributed by atoms with Crippen LogP contribution >= 0.6 is 15.9 Å². The molecule has 0 aliphatic carbocycles. The Kier molecular flexibility index (Phi) is 4.40. The number of nitrogens with one attached hydrogen (secondary N) is 2. The van der Waals surface area contributed by atoms with Crippen LogP contribution < -0.4 is 10.9 Å². The van der Waals surface area contributed by atoms with Gasteiger partial charge in [0.25, 0.3) is 11.5 Å². The lowest BCUT2D eigenvalue weighted by Crippen LogP contribution is -2.29.